The lowest BCUT2D eigenvalue weighted by molar-refractivity contribution is 0.462. The lowest BCUT2D eigenvalue weighted by Gasteiger charge is -2.09. The summed E-state index contributed by atoms with van der Waals surface area (Å²) in [5.41, 5.74) is 0. The number of hydrogen-bond acceptors (Lipinski definition) is 1. The number of hydrogen-bond donors (Lipinski definition) is 1. The van der Waals surface area contributed by atoms with Gasteiger partial charge >= 0.3 is 0 Å². The van der Waals surface area contributed by atoms with Gasteiger partial charge in [0.2, 0.25) is 0 Å². The van der Waals surface area contributed by atoms with Gasteiger partial charge in [0.15, 0.2) is 0 Å². The van der Waals surface area contributed by atoms with E-state index in [9.17, 15) is 0 Å². The second-order valence-electron chi connectivity index (χ2n) is 5.58. The first-order chi connectivity index (χ1) is 7.29. The van der Waals surface area contributed by atoms with Crippen LogP contribution in [0.15, 0.2) is 0 Å². The zero-order valence-corrected chi connectivity index (χ0v) is 10.7. The smallest absolute Gasteiger partial charge is 0.00488 e. The third kappa shape index (κ3) is 6.94. The monoisotopic (exact) mass is 211 g/mol. The van der Waals surface area contributed by atoms with Gasteiger partial charge in [0.1, 0.15) is 0 Å². The topological polar surface area (TPSA) is 12.0 Å². The van der Waals surface area contributed by atoms with Gasteiger partial charge in [0.05, 0.1) is 0 Å². The molecule has 15 heavy (non-hydrogen) atoms. The average molecular weight is 211 g/mol. The van der Waals surface area contributed by atoms with E-state index in [0.29, 0.717) is 0 Å². The summed E-state index contributed by atoms with van der Waals surface area (Å²) in [5, 5.41) is 3.56. The molecule has 0 aromatic rings. The molecule has 1 aliphatic rings. The van der Waals surface area contributed by atoms with Crippen LogP contribution in [-0.2, 0) is 0 Å². The van der Waals surface area contributed by atoms with Crippen LogP contribution in [-0.4, -0.2) is 13.1 Å². The van der Waals surface area contributed by atoms with Gasteiger partial charge in [-0.1, -0.05) is 39.5 Å². The first-order valence-corrected chi connectivity index (χ1v) is 6.99. The standard InChI is InChI=1S/C14H29N/c1-13(2)7-5-11-15-12-6-10-14-8-3-4-9-14/h13-15H,3-12H2,1-2H3. The van der Waals surface area contributed by atoms with E-state index in [4.69, 9.17) is 0 Å². The fourth-order valence-electron chi connectivity index (χ4n) is 2.58. The van der Waals surface area contributed by atoms with Crippen LogP contribution in [0, 0.1) is 11.8 Å². The molecule has 1 heteroatoms. The number of rotatable bonds is 8. The zero-order chi connectivity index (χ0) is 10.9. The molecule has 1 nitrogen and oxygen atoms in total. The summed E-state index contributed by atoms with van der Waals surface area (Å²) < 4.78 is 0. The van der Waals surface area contributed by atoms with Crippen LogP contribution in [0.3, 0.4) is 0 Å². The van der Waals surface area contributed by atoms with E-state index in [2.05, 4.69) is 19.2 Å². The highest BCUT2D eigenvalue weighted by molar-refractivity contribution is 4.67. The van der Waals surface area contributed by atoms with E-state index in [0.717, 1.165) is 11.8 Å². The Morgan fingerprint density at radius 2 is 1.73 bits per heavy atom. The minimum Gasteiger partial charge on any atom is -0.317 e. The second kappa shape index (κ2) is 8.15. The van der Waals surface area contributed by atoms with Crippen LogP contribution in [0.25, 0.3) is 0 Å². The fraction of sp³-hybridized carbons (Fsp3) is 1.00. The molecular formula is C14H29N. The first kappa shape index (κ1) is 13.0. The van der Waals surface area contributed by atoms with Crippen molar-refractivity contribution in [2.75, 3.05) is 13.1 Å². The predicted molar refractivity (Wildman–Crippen MR) is 68.1 cm³/mol. The molecule has 0 bridgehead atoms. The van der Waals surface area contributed by atoms with Crippen LogP contribution in [0.5, 0.6) is 0 Å². The quantitative estimate of drug-likeness (QED) is 0.599. The summed E-state index contributed by atoms with van der Waals surface area (Å²) in [5.74, 6) is 1.94. The van der Waals surface area contributed by atoms with E-state index in [1.165, 1.54) is 64.5 Å². The summed E-state index contributed by atoms with van der Waals surface area (Å²) >= 11 is 0. The summed E-state index contributed by atoms with van der Waals surface area (Å²) in [6.07, 6.45) is 11.6. The fourth-order valence-corrected chi connectivity index (χ4v) is 2.58. The molecule has 0 heterocycles. The normalized spacial score (nSPS) is 17.8. The van der Waals surface area contributed by atoms with E-state index in [-0.39, 0.29) is 0 Å². The van der Waals surface area contributed by atoms with Gasteiger partial charge in [-0.3, -0.25) is 0 Å². The Morgan fingerprint density at radius 1 is 1.07 bits per heavy atom. The molecule has 1 saturated carbocycles. The highest BCUT2D eigenvalue weighted by Gasteiger charge is 2.13. The Kier molecular flexibility index (Phi) is 7.08. The van der Waals surface area contributed by atoms with Gasteiger partial charge in [-0.25, -0.2) is 0 Å². The summed E-state index contributed by atoms with van der Waals surface area (Å²) in [6.45, 7) is 7.08. The molecule has 0 aromatic carbocycles. The molecule has 1 N–H and O–H groups in total. The molecule has 0 radical (unpaired) electrons. The second-order valence-corrected chi connectivity index (χ2v) is 5.58. The molecule has 0 saturated heterocycles. The molecule has 0 aromatic heterocycles. The van der Waals surface area contributed by atoms with Gasteiger partial charge in [-0.05, 0) is 50.6 Å². The van der Waals surface area contributed by atoms with E-state index in [1.54, 1.807) is 0 Å². The van der Waals surface area contributed by atoms with Crippen molar-refractivity contribution in [3.8, 4) is 0 Å². The molecule has 90 valence electrons. The van der Waals surface area contributed by atoms with Crippen molar-refractivity contribution < 1.29 is 0 Å². The minimum absolute atomic E-state index is 0.866. The third-order valence-electron chi connectivity index (χ3n) is 3.58. The van der Waals surface area contributed by atoms with Crippen molar-refractivity contribution in [2.24, 2.45) is 11.8 Å². The minimum atomic E-state index is 0.866. The molecule has 1 fully saturated rings. The van der Waals surface area contributed by atoms with Gasteiger partial charge < -0.3 is 5.32 Å². The van der Waals surface area contributed by atoms with Crippen LogP contribution < -0.4 is 5.32 Å². The van der Waals surface area contributed by atoms with Gasteiger partial charge in [0.25, 0.3) is 0 Å². The van der Waals surface area contributed by atoms with Crippen LogP contribution in [0.2, 0.25) is 0 Å². The largest absolute Gasteiger partial charge is 0.317 e. The highest BCUT2D eigenvalue weighted by atomic mass is 14.8. The Bertz CT molecular complexity index is 136. The summed E-state index contributed by atoms with van der Waals surface area (Å²) in [6, 6.07) is 0. The maximum atomic E-state index is 3.56. The Balaban J connectivity index is 1.76. The van der Waals surface area contributed by atoms with Crippen LogP contribution >= 0.6 is 0 Å². The first-order valence-electron chi connectivity index (χ1n) is 6.99. The molecular weight excluding hydrogens is 182 g/mol. The molecule has 0 spiro atoms. The van der Waals surface area contributed by atoms with Crippen molar-refractivity contribution in [2.45, 2.75) is 65.2 Å². The molecule has 0 atom stereocenters. The third-order valence-corrected chi connectivity index (χ3v) is 3.58. The van der Waals surface area contributed by atoms with Crippen molar-refractivity contribution in [3.63, 3.8) is 0 Å². The van der Waals surface area contributed by atoms with Crippen molar-refractivity contribution in [1.29, 1.82) is 0 Å². The maximum absolute atomic E-state index is 3.56. The number of nitrogens with one attached hydrogen (secondary N) is 1. The van der Waals surface area contributed by atoms with Gasteiger partial charge in [-0.2, -0.15) is 0 Å². The van der Waals surface area contributed by atoms with Crippen molar-refractivity contribution in [1.82, 2.24) is 5.32 Å². The lowest BCUT2D eigenvalue weighted by Crippen LogP contribution is -2.17. The molecule has 0 aliphatic heterocycles. The summed E-state index contributed by atoms with van der Waals surface area (Å²) in [7, 11) is 0. The SMILES string of the molecule is CC(C)CCCNCCCC1CCCC1. The van der Waals surface area contributed by atoms with E-state index in [1.807, 2.05) is 0 Å². The van der Waals surface area contributed by atoms with Gasteiger partial charge in [-0.15, -0.1) is 0 Å². The molecule has 1 aliphatic carbocycles. The van der Waals surface area contributed by atoms with Crippen molar-refractivity contribution >= 4 is 0 Å². The Morgan fingerprint density at radius 3 is 2.40 bits per heavy atom. The molecule has 0 amide bonds. The van der Waals surface area contributed by atoms with Crippen LogP contribution in [0.1, 0.15) is 65.2 Å². The van der Waals surface area contributed by atoms with Crippen LogP contribution in [0.4, 0.5) is 0 Å². The molecule has 1 rings (SSSR count). The van der Waals surface area contributed by atoms with Crippen molar-refractivity contribution in [3.05, 3.63) is 0 Å². The maximum Gasteiger partial charge on any atom is -0.00488 e. The predicted octanol–water partition coefficient (Wildman–Crippen LogP) is 3.98. The Labute approximate surface area is 96.0 Å². The van der Waals surface area contributed by atoms with Gasteiger partial charge in [0, 0.05) is 0 Å². The lowest BCUT2D eigenvalue weighted by atomic mass is 10.0. The Hall–Kier alpha value is -0.0400. The summed E-state index contributed by atoms with van der Waals surface area (Å²) in [4.78, 5) is 0. The van der Waals surface area contributed by atoms with E-state index < -0.39 is 0 Å². The molecule has 0 unspecified atom stereocenters. The average Bonchev–Trinajstić information content (AvgIpc) is 2.68. The zero-order valence-electron chi connectivity index (χ0n) is 10.7. The highest BCUT2D eigenvalue weighted by Crippen LogP contribution is 2.28. The van der Waals surface area contributed by atoms with E-state index >= 15 is 0 Å².